The molecule has 0 radical (unpaired) electrons. The Kier molecular flexibility index (Phi) is 2.74. The zero-order valence-electron chi connectivity index (χ0n) is 9.32. The van der Waals surface area contributed by atoms with Gasteiger partial charge < -0.3 is 15.0 Å². The van der Waals surface area contributed by atoms with Crippen molar-refractivity contribution in [2.24, 2.45) is 0 Å². The number of hydrogen-bond acceptors (Lipinski definition) is 4. The van der Waals surface area contributed by atoms with E-state index in [1.165, 1.54) is 12.1 Å². The van der Waals surface area contributed by atoms with Crippen LogP contribution >= 0.6 is 15.9 Å². The Morgan fingerprint density at radius 1 is 1.39 bits per heavy atom. The van der Waals surface area contributed by atoms with Crippen molar-refractivity contribution in [3.05, 3.63) is 28.5 Å². The molecule has 1 aromatic carbocycles. The van der Waals surface area contributed by atoms with Crippen molar-refractivity contribution < 1.29 is 13.7 Å². The first-order chi connectivity index (χ1) is 8.63. The van der Waals surface area contributed by atoms with Crippen molar-refractivity contribution in [3.63, 3.8) is 0 Å². The van der Waals surface area contributed by atoms with Crippen LogP contribution in [0, 0.1) is 5.82 Å². The molecule has 0 saturated heterocycles. The molecule has 1 aliphatic carbocycles. The summed E-state index contributed by atoms with van der Waals surface area (Å²) in [5, 5.41) is 3.60. The lowest BCUT2D eigenvalue weighted by Crippen LogP contribution is -1.99. The van der Waals surface area contributed by atoms with E-state index in [9.17, 15) is 4.39 Å². The molecule has 0 unspecified atom stereocenters. The molecule has 6 heteroatoms. The second-order valence-electron chi connectivity index (χ2n) is 4.20. The Hall–Kier alpha value is -1.56. The van der Waals surface area contributed by atoms with Crippen LogP contribution in [0.1, 0.15) is 12.8 Å². The lowest BCUT2D eigenvalue weighted by Gasteiger charge is -2.11. The lowest BCUT2D eigenvalue weighted by atomic mass is 10.1. The fourth-order valence-corrected chi connectivity index (χ4v) is 2.16. The number of rotatable bonds is 3. The van der Waals surface area contributed by atoms with Gasteiger partial charge in [-0.2, -0.15) is 0 Å². The summed E-state index contributed by atoms with van der Waals surface area (Å²) in [5.74, 6) is 0.830. The van der Waals surface area contributed by atoms with Gasteiger partial charge in [0.05, 0.1) is 16.1 Å². The SMILES string of the molecule is Nc1cc(-c2cc(F)cc(Br)c2OC2CC2)on1. The highest BCUT2D eigenvalue weighted by atomic mass is 79.9. The van der Waals surface area contributed by atoms with Gasteiger partial charge in [-0.1, -0.05) is 5.16 Å². The molecule has 1 fully saturated rings. The first kappa shape index (κ1) is 11.5. The Morgan fingerprint density at radius 2 is 2.17 bits per heavy atom. The Morgan fingerprint density at radius 3 is 2.78 bits per heavy atom. The number of nitrogen functional groups attached to an aromatic ring is 1. The van der Waals surface area contributed by atoms with E-state index in [0.717, 1.165) is 12.8 Å². The second kappa shape index (κ2) is 4.28. The van der Waals surface area contributed by atoms with E-state index in [0.29, 0.717) is 21.5 Å². The minimum absolute atomic E-state index is 0.200. The van der Waals surface area contributed by atoms with Gasteiger partial charge in [0.15, 0.2) is 11.6 Å². The number of ether oxygens (including phenoxy) is 1. The van der Waals surface area contributed by atoms with Crippen molar-refractivity contribution in [2.45, 2.75) is 18.9 Å². The van der Waals surface area contributed by atoms with Gasteiger partial charge in [-0.15, -0.1) is 0 Å². The number of halogens is 2. The maximum Gasteiger partial charge on any atom is 0.172 e. The van der Waals surface area contributed by atoms with E-state index in [1.807, 2.05) is 0 Å². The first-order valence-electron chi connectivity index (χ1n) is 5.52. The Bertz CT molecular complexity index is 596. The fourth-order valence-electron chi connectivity index (χ4n) is 1.63. The lowest BCUT2D eigenvalue weighted by molar-refractivity contribution is 0.300. The fraction of sp³-hybridized carbons (Fsp3) is 0.250. The molecule has 2 N–H and O–H groups in total. The summed E-state index contributed by atoms with van der Waals surface area (Å²) in [6.07, 6.45) is 2.23. The summed E-state index contributed by atoms with van der Waals surface area (Å²) in [6, 6.07) is 4.25. The average molecular weight is 313 g/mol. The van der Waals surface area contributed by atoms with Crippen molar-refractivity contribution in [2.75, 3.05) is 5.73 Å². The van der Waals surface area contributed by atoms with Crippen molar-refractivity contribution in [3.8, 4) is 17.1 Å². The van der Waals surface area contributed by atoms with Crippen LogP contribution in [0.3, 0.4) is 0 Å². The topological polar surface area (TPSA) is 61.3 Å². The molecule has 18 heavy (non-hydrogen) atoms. The standard InChI is InChI=1S/C12H10BrFN2O2/c13-9-4-6(14)3-8(10-5-11(15)16-18-10)12(9)17-7-1-2-7/h3-5,7H,1-2H2,(H2,15,16). The number of nitrogens with two attached hydrogens (primary N) is 1. The molecule has 3 rings (SSSR count). The summed E-state index contributed by atoms with van der Waals surface area (Å²) < 4.78 is 24.9. The quantitative estimate of drug-likeness (QED) is 0.944. The van der Waals surface area contributed by atoms with Crippen LogP contribution in [0.25, 0.3) is 11.3 Å². The van der Waals surface area contributed by atoms with E-state index in [1.54, 1.807) is 6.07 Å². The minimum atomic E-state index is -0.380. The zero-order chi connectivity index (χ0) is 12.7. The van der Waals surface area contributed by atoms with E-state index >= 15 is 0 Å². The average Bonchev–Trinajstić information content (AvgIpc) is 3.03. The van der Waals surface area contributed by atoms with Gasteiger partial charge in [0.2, 0.25) is 0 Å². The number of hydrogen-bond donors (Lipinski definition) is 1. The van der Waals surface area contributed by atoms with Crippen molar-refractivity contribution in [1.82, 2.24) is 5.16 Å². The highest BCUT2D eigenvalue weighted by Gasteiger charge is 2.27. The maximum absolute atomic E-state index is 13.5. The second-order valence-corrected chi connectivity index (χ2v) is 5.05. The summed E-state index contributed by atoms with van der Waals surface area (Å²) in [4.78, 5) is 0. The van der Waals surface area contributed by atoms with E-state index < -0.39 is 0 Å². The smallest absolute Gasteiger partial charge is 0.172 e. The minimum Gasteiger partial charge on any atom is -0.488 e. The molecule has 1 saturated carbocycles. The molecule has 1 aromatic heterocycles. The summed E-state index contributed by atoms with van der Waals surface area (Å²) in [5.41, 5.74) is 6.02. The predicted octanol–water partition coefficient (Wildman–Crippen LogP) is 3.37. The van der Waals surface area contributed by atoms with Crippen LogP contribution in [0.15, 0.2) is 27.2 Å². The summed E-state index contributed by atoms with van der Waals surface area (Å²) >= 11 is 3.30. The number of benzene rings is 1. The van der Waals surface area contributed by atoms with Crippen LogP contribution in [0.5, 0.6) is 5.75 Å². The van der Waals surface area contributed by atoms with Crippen LogP contribution in [0.2, 0.25) is 0 Å². The summed E-state index contributed by atoms with van der Waals surface area (Å²) in [6.45, 7) is 0. The van der Waals surface area contributed by atoms with Crippen LogP contribution in [-0.2, 0) is 0 Å². The molecule has 1 heterocycles. The monoisotopic (exact) mass is 312 g/mol. The highest BCUT2D eigenvalue weighted by Crippen LogP contribution is 2.41. The van der Waals surface area contributed by atoms with Crippen molar-refractivity contribution >= 4 is 21.7 Å². The van der Waals surface area contributed by atoms with Gasteiger partial charge >= 0.3 is 0 Å². The third-order valence-electron chi connectivity index (χ3n) is 2.61. The van der Waals surface area contributed by atoms with E-state index in [-0.39, 0.29) is 17.7 Å². The Balaban J connectivity index is 2.09. The number of aromatic nitrogens is 1. The molecular formula is C12H10BrFN2O2. The molecule has 0 aliphatic heterocycles. The van der Waals surface area contributed by atoms with E-state index in [4.69, 9.17) is 15.0 Å². The van der Waals surface area contributed by atoms with Gasteiger partial charge in [0, 0.05) is 6.07 Å². The molecular weight excluding hydrogens is 303 g/mol. The largest absolute Gasteiger partial charge is 0.488 e. The molecule has 0 amide bonds. The first-order valence-corrected chi connectivity index (χ1v) is 6.31. The number of anilines is 1. The molecule has 0 spiro atoms. The molecule has 2 aromatic rings. The van der Waals surface area contributed by atoms with Gasteiger partial charge in [-0.25, -0.2) is 4.39 Å². The van der Waals surface area contributed by atoms with Crippen LogP contribution in [-0.4, -0.2) is 11.3 Å². The highest BCUT2D eigenvalue weighted by molar-refractivity contribution is 9.10. The van der Waals surface area contributed by atoms with Gasteiger partial charge in [0.1, 0.15) is 11.6 Å². The van der Waals surface area contributed by atoms with Gasteiger partial charge in [-0.05, 0) is 40.9 Å². The van der Waals surface area contributed by atoms with Crippen LogP contribution in [0.4, 0.5) is 10.2 Å². The third kappa shape index (κ3) is 2.20. The Labute approximate surface area is 111 Å². The third-order valence-corrected chi connectivity index (χ3v) is 3.20. The van der Waals surface area contributed by atoms with Crippen LogP contribution < -0.4 is 10.5 Å². The molecule has 4 nitrogen and oxygen atoms in total. The molecule has 0 atom stereocenters. The summed E-state index contributed by atoms with van der Waals surface area (Å²) in [7, 11) is 0. The predicted molar refractivity (Wildman–Crippen MR) is 67.7 cm³/mol. The normalized spacial score (nSPS) is 14.8. The molecule has 1 aliphatic rings. The zero-order valence-corrected chi connectivity index (χ0v) is 10.9. The van der Waals surface area contributed by atoms with E-state index in [2.05, 4.69) is 21.1 Å². The number of nitrogens with zero attached hydrogens (tertiary/aromatic N) is 1. The van der Waals surface area contributed by atoms with Gasteiger partial charge in [0.25, 0.3) is 0 Å². The van der Waals surface area contributed by atoms with Crippen molar-refractivity contribution in [1.29, 1.82) is 0 Å². The molecule has 94 valence electrons. The van der Waals surface area contributed by atoms with Gasteiger partial charge in [-0.3, -0.25) is 0 Å². The maximum atomic E-state index is 13.5. The molecule has 0 bridgehead atoms.